The predicted octanol–water partition coefficient (Wildman–Crippen LogP) is 1.39. The minimum Gasteiger partial charge on any atom is -0.480 e. The van der Waals surface area contributed by atoms with Gasteiger partial charge in [0.2, 0.25) is 0 Å². The van der Waals surface area contributed by atoms with E-state index >= 15 is 0 Å². The summed E-state index contributed by atoms with van der Waals surface area (Å²) in [5, 5.41) is 12.0. The molecule has 0 aliphatic heterocycles. The molecule has 0 aromatic carbocycles. The van der Waals surface area contributed by atoms with E-state index in [-0.39, 0.29) is 0 Å². The fourth-order valence-electron chi connectivity index (χ4n) is 1.21. The Morgan fingerprint density at radius 2 is 2.36 bits per heavy atom. The number of rotatable bonds is 5. The Bertz CT molecular complexity index is 280. The van der Waals surface area contributed by atoms with Crippen LogP contribution in [0.4, 0.5) is 0 Å². The fourth-order valence-corrected chi connectivity index (χ4v) is 1.21. The van der Waals surface area contributed by atoms with E-state index in [0.29, 0.717) is 18.2 Å². The van der Waals surface area contributed by atoms with E-state index < -0.39 is 12.0 Å². The van der Waals surface area contributed by atoms with E-state index in [9.17, 15) is 4.79 Å². The molecule has 0 radical (unpaired) electrons. The number of nitrogens with one attached hydrogen (secondary N) is 2. The zero-order valence-electron chi connectivity index (χ0n) is 8.45. The smallest absolute Gasteiger partial charge is 0.326 e. The van der Waals surface area contributed by atoms with E-state index in [2.05, 4.69) is 10.3 Å². The number of hydrogen-bond acceptors (Lipinski definition) is 2. The zero-order chi connectivity index (χ0) is 10.6. The summed E-state index contributed by atoms with van der Waals surface area (Å²) in [5.74, 6) is -0.417. The minimum atomic E-state index is -0.854. The third-order valence-corrected chi connectivity index (χ3v) is 1.91. The van der Waals surface area contributed by atoms with Crippen LogP contribution in [0.5, 0.6) is 0 Å². The van der Waals surface area contributed by atoms with Gasteiger partial charge in [-0.15, -0.1) is 0 Å². The SMILES string of the molecule is CC(C)CNC(C(=O)O)c1ccc[nH]1. The van der Waals surface area contributed by atoms with Crippen LogP contribution < -0.4 is 5.32 Å². The summed E-state index contributed by atoms with van der Waals surface area (Å²) in [4.78, 5) is 13.8. The molecule has 0 aliphatic rings. The lowest BCUT2D eigenvalue weighted by atomic mass is 10.1. The highest BCUT2D eigenvalue weighted by Crippen LogP contribution is 2.10. The Balaban J connectivity index is 2.61. The molecule has 0 amide bonds. The average molecular weight is 196 g/mol. The van der Waals surface area contributed by atoms with Crippen molar-refractivity contribution in [2.45, 2.75) is 19.9 Å². The fraction of sp³-hybridized carbons (Fsp3) is 0.500. The number of carboxylic acids is 1. The molecule has 1 rings (SSSR count). The first-order valence-electron chi connectivity index (χ1n) is 4.70. The summed E-state index contributed by atoms with van der Waals surface area (Å²) in [5.41, 5.74) is 0.693. The van der Waals surface area contributed by atoms with Crippen molar-refractivity contribution in [1.82, 2.24) is 10.3 Å². The van der Waals surface area contributed by atoms with Crippen molar-refractivity contribution < 1.29 is 9.90 Å². The van der Waals surface area contributed by atoms with Crippen LogP contribution in [0.15, 0.2) is 18.3 Å². The molecule has 1 aromatic rings. The third-order valence-electron chi connectivity index (χ3n) is 1.91. The Labute approximate surface area is 83.3 Å². The molecule has 3 N–H and O–H groups in total. The van der Waals surface area contributed by atoms with Crippen LogP contribution in [0, 0.1) is 5.92 Å². The van der Waals surface area contributed by atoms with Gasteiger partial charge in [-0.05, 0) is 24.6 Å². The number of hydrogen-bond donors (Lipinski definition) is 3. The van der Waals surface area contributed by atoms with Gasteiger partial charge in [0.25, 0.3) is 0 Å². The maximum Gasteiger partial charge on any atom is 0.326 e. The molecule has 0 bridgehead atoms. The molecule has 4 heteroatoms. The van der Waals surface area contributed by atoms with Gasteiger partial charge >= 0.3 is 5.97 Å². The van der Waals surface area contributed by atoms with Gasteiger partial charge in [0, 0.05) is 11.9 Å². The molecule has 0 saturated carbocycles. The quantitative estimate of drug-likeness (QED) is 0.666. The monoisotopic (exact) mass is 196 g/mol. The molecular weight excluding hydrogens is 180 g/mol. The number of carbonyl (C=O) groups is 1. The highest BCUT2D eigenvalue weighted by molar-refractivity contribution is 5.74. The number of aromatic nitrogens is 1. The van der Waals surface area contributed by atoms with Crippen molar-refractivity contribution in [1.29, 1.82) is 0 Å². The van der Waals surface area contributed by atoms with Gasteiger partial charge < -0.3 is 10.1 Å². The average Bonchev–Trinajstić information content (AvgIpc) is 2.56. The second kappa shape index (κ2) is 4.81. The summed E-state index contributed by atoms with van der Waals surface area (Å²) in [7, 11) is 0. The van der Waals surface area contributed by atoms with Crippen molar-refractivity contribution in [2.24, 2.45) is 5.92 Å². The molecule has 1 heterocycles. The number of aromatic amines is 1. The first kappa shape index (κ1) is 10.8. The van der Waals surface area contributed by atoms with Crippen LogP contribution in [0.3, 0.4) is 0 Å². The van der Waals surface area contributed by atoms with Crippen LogP contribution in [0.2, 0.25) is 0 Å². The number of aliphatic carboxylic acids is 1. The Kier molecular flexibility index (Phi) is 3.71. The molecule has 1 unspecified atom stereocenters. The van der Waals surface area contributed by atoms with E-state index in [1.165, 1.54) is 0 Å². The van der Waals surface area contributed by atoms with Crippen molar-refractivity contribution in [2.75, 3.05) is 6.54 Å². The van der Waals surface area contributed by atoms with E-state index in [1.54, 1.807) is 18.3 Å². The predicted molar refractivity (Wildman–Crippen MR) is 54.0 cm³/mol. The van der Waals surface area contributed by atoms with Crippen LogP contribution in [0.25, 0.3) is 0 Å². The van der Waals surface area contributed by atoms with Crippen molar-refractivity contribution in [3.05, 3.63) is 24.0 Å². The van der Waals surface area contributed by atoms with Crippen LogP contribution in [0.1, 0.15) is 25.6 Å². The molecule has 0 spiro atoms. The first-order chi connectivity index (χ1) is 6.61. The van der Waals surface area contributed by atoms with Crippen LogP contribution in [-0.4, -0.2) is 22.6 Å². The van der Waals surface area contributed by atoms with Crippen molar-refractivity contribution in [3.63, 3.8) is 0 Å². The summed E-state index contributed by atoms with van der Waals surface area (Å²) < 4.78 is 0. The highest BCUT2D eigenvalue weighted by Gasteiger charge is 2.19. The largest absolute Gasteiger partial charge is 0.480 e. The van der Waals surface area contributed by atoms with Crippen molar-refractivity contribution >= 4 is 5.97 Å². The van der Waals surface area contributed by atoms with E-state index in [4.69, 9.17) is 5.11 Å². The summed E-state index contributed by atoms with van der Waals surface area (Å²) >= 11 is 0. The number of carboxylic acid groups (broad SMARTS) is 1. The van der Waals surface area contributed by atoms with Gasteiger partial charge in [-0.3, -0.25) is 10.1 Å². The molecule has 14 heavy (non-hydrogen) atoms. The molecule has 4 nitrogen and oxygen atoms in total. The normalized spacial score (nSPS) is 13.1. The molecule has 1 aromatic heterocycles. The summed E-state index contributed by atoms with van der Waals surface area (Å²) in [6.45, 7) is 4.78. The van der Waals surface area contributed by atoms with Crippen molar-refractivity contribution in [3.8, 4) is 0 Å². The highest BCUT2D eigenvalue weighted by atomic mass is 16.4. The maximum atomic E-state index is 10.9. The minimum absolute atomic E-state index is 0.437. The van der Waals surface area contributed by atoms with Gasteiger partial charge in [0.05, 0.1) is 0 Å². The molecule has 0 aliphatic carbocycles. The van der Waals surface area contributed by atoms with Gasteiger partial charge in [-0.1, -0.05) is 13.8 Å². The van der Waals surface area contributed by atoms with Gasteiger partial charge in [-0.2, -0.15) is 0 Å². The van der Waals surface area contributed by atoms with Gasteiger partial charge in [-0.25, -0.2) is 0 Å². The topological polar surface area (TPSA) is 65.1 Å². The van der Waals surface area contributed by atoms with Crippen LogP contribution in [-0.2, 0) is 4.79 Å². The second-order valence-electron chi connectivity index (χ2n) is 3.70. The lowest BCUT2D eigenvalue weighted by Gasteiger charge is -2.14. The van der Waals surface area contributed by atoms with Gasteiger partial charge in [0.15, 0.2) is 0 Å². The molecular formula is C10H16N2O2. The lowest BCUT2D eigenvalue weighted by Crippen LogP contribution is -2.31. The Hall–Kier alpha value is -1.29. The molecule has 1 atom stereocenters. The van der Waals surface area contributed by atoms with Crippen LogP contribution >= 0.6 is 0 Å². The zero-order valence-corrected chi connectivity index (χ0v) is 8.45. The summed E-state index contributed by atoms with van der Waals surface area (Å²) in [6, 6.07) is 2.93. The molecule has 0 fully saturated rings. The third kappa shape index (κ3) is 2.88. The molecule has 78 valence electrons. The number of H-pyrrole nitrogens is 1. The van der Waals surface area contributed by atoms with E-state index in [1.807, 2.05) is 13.8 Å². The lowest BCUT2D eigenvalue weighted by molar-refractivity contribution is -0.139. The second-order valence-corrected chi connectivity index (χ2v) is 3.70. The Morgan fingerprint density at radius 1 is 1.64 bits per heavy atom. The summed E-state index contributed by atoms with van der Waals surface area (Å²) in [6.07, 6.45) is 1.72. The maximum absolute atomic E-state index is 10.9. The Morgan fingerprint density at radius 3 is 2.79 bits per heavy atom. The molecule has 0 saturated heterocycles. The van der Waals surface area contributed by atoms with E-state index in [0.717, 1.165) is 0 Å². The standard InChI is InChI=1S/C10H16N2O2/c1-7(2)6-12-9(10(13)14)8-4-3-5-11-8/h3-5,7,9,11-12H,6H2,1-2H3,(H,13,14). The van der Waals surface area contributed by atoms with Gasteiger partial charge in [0.1, 0.15) is 6.04 Å². The first-order valence-corrected chi connectivity index (χ1v) is 4.70.